The van der Waals surface area contributed by atoms with Crippen molar-refractivity contribution in [2.75, 3.05) is 6.54 Å². The van der Waals surface area contributed by atoms with E-state index in [2.05, 4.69) is 37.8 Å². The van der Waals surface area contributed by atoms with Crippen LogP contribution >= 0.6 is 27.3 Å². The van der Waals surface area contributed by atoms with E-state index in [0.29, 0.717) is 0 Å². The summed E-state index contributed by atoms with van der Waals surface area (Å²) >= 11 is 5.18. The molecule has 0 aliphatic heterocycles. The van der Waals surface area contributed by atoms with Gasteiger partial charge in [-0.05, 0) is 34.1 Å². The first-order valence-corrected chi connectivity index (χ1v) is 8.30. The number of para-hydroxylation sites is 1. The Hall–Kier alpha value is -1.50. The Morgan fingerprint density at radius 3 is 3.00 bits per heavy atom. The monoisotopic (exact) mass is 363 g/mol. The molecule has 108 valence electrons. The Morgan fingerprint density at radius 1 is 1.33 bits per heavy atom. The molecule has 2 heterocycles. The third kappa shape index (κ3) is 3.40. The van der Waals surface area contributed by atoms with E-state index < -0.39 is 0 Å². The van der Waals surface area contributed by atoms with Crippen LogP contribution < -0.4 is 10.7 Å². The van der Waals surface area contributed by atoms with Crippen LogP contribution in [-0.2, 0) is 13.1 Å². The van der Waals surface area contributed by atoms with Crippen LogP contribution in [0, 0.1) is 0 Å². The van der Waals surface area contributed by atoms with Crippen LogP contribution in [0.1, 0.15) is 4.88 Å². The maximum Gasteiger partial charge on any atom is 0.207 e. The zero-order valence-electron chi connectivity index (χ0n) is 11.3. The van der Waals surface area contributed by atoms with Gasteiger partial charge in [0.2, 0.25) is 5.43 Å². The molecule has 0 spiro atoms. The Kier molecular flexibility index (Phi) is 4.48. The van der Waals surface area contributed by atoms with Crippen LogP contribution in [0.3, 0.4) is 0 Å². The molecule has 4 nitrogen and oxygen atoms in total. The lowest BCUT2D eigenvalue weighted by molar-refractivity contribution is 0.563. The minimum absolute atomic E-state index is 0.0294. The molecule has 0 unspecified atom stereocenters. The molecule has 21 heavy (non-hydrogen) atoms. The number of nitrogens with one attached hydrogen (secondary N) is 1. The summed E-state index contributed by atoms with van der Waals surface area (Å²) in [5.74, 6) is 0. The lowest BCUT2D eigenvalue weighted by atomic mass is 10.2. The molecule has 2 aromatic heterocycles. The molecular weight excluding hydrogens is 350 g/mol. The van der Waals surface area contributed by atoms with E-state index in [1.54, 1.807) is 11.3 Å². The summed E-state index contributed by atoms with van der Waals surface area (Å²) in [4.78, 5) is 13.0. The average Bonchev–Trinajstić information content (AvgIpc) is 2.91. The number of halogens is 1. The Morgan fingerprint density at radius 2 is 2.19 bits per heavy atom. The topological polar surface area (TPSA) is 46.9 Å². The third-order valence-electron chi connectivity index (χ3n) is 3.18. The van der Waals surface area contributed by atoms with Crippen molar-refractivity contribution in [1.29, 1.82) is 0 Å². The number of aromatic nitrogens is 2. The lowest BCUT2D eigenvalue weighted by Crippen LogP contribution is -2.22. The number of nitrogens with zero attached hydrogens (tertiary/aromatic N) is 2. The lowest BCUT2D eigenvalue weighted by Gasteiger charge is -2.09. The van der Waals surface area contributed by atoms with E-state index in [0.717, 1.165) is 35.0 Å². The van der Waals surface area contributed by atoms with Gasteiger partial charge < -0.3 is 5.32 Å². The molecule has 0 amide bonds. The molecular formula is C15H14BrN3OS. The molecule has 0 fully saturated rings. The first kappa shape index (κ1) is 14.4. The Bertz CT molecular complexity index is 812. The van der Waals surface area contributed by atoms with Crippen LogP contribution in [0.25, 0.3) is 10.9 Å². The maximum absolute atomic E-state index is 11.8. The second kappa shape index (κ2) is 6.51. The van der Waals surface area contributed by atoms with Crippen LogP contribution in [-0.4, -0.2) is 16.3 Å². The summed E-state index contributed by atoms with van der Waals surface area (Å²) in [5.41, 5.74) is 0.851. The minimum Gasteiger partial charge on any atom is -0.310 e. The molecule has 0 radical (unpaired) electrons. The molecule has 0 saturated heterocycles. The van der Waals surface area contributed by atoms with E-state index in [1.807, 2.05) is 28.9 Å². The summed E-state index contributed by atoms with van der Waals surface area (Å²) in [6, 6.07) is 9.69. The van der Waals surface area contributed by atoms with Gasteiger partial charge in [-0.1, -0.05) is 12.1 Å². The Balaban J connectivity index is 1.66. The summed E-state index contributed by atoms with van der Waals surface area (Å²) in [5, 5.41) is 10.4. The molecule has 1 N–H and O–H groups in total. The van der Waals surface area contributed by atoms with Crippen molar-refractivity contribution in [2.24, 2.45) is 0 Å². The predicted octanol–water partition coefficient (Wildman–Crippen LogP) is 3.01. The van der Waals surface area contributed by atoms with Gasteiger partial charge in [0.15, 0.2) is 0 Å². The van der Waals surface area contributed by atoms with Crippen LogP contribution in [0.2, 0.25) is 0 Å². The summed E-state index contributed by atoms with van der Waals surface area (Å²) < 4.78 is 2.99. The van der Waals surface area contributed by atoms with Gasteiger partial charge in [-0.15, -0.1) is 11.3 Å². The normalized spacial score (nSPS) is 11.1. The summed E-state index contributed by atoms with van der Waals surface area (Å²) in [6.07, 6.45) is 1.39. The van der Waals surface area contributed by atoms with Gasteiger partial charge in [-0.25, -0.2) is 0 Å². The highest BCUT2D eigenvalue weighted by molar-refractivity contribution is 9.10. The van der Waals surface area contributed by atoms with E-state index in [9.17, 15) is 4.79 Å². The van der Waals surface area contributed by atoms with E-state index in [1.165, 1.54) is 11.1 Å². The Labute approximate surface area is 134 Å². The molecule has 0 atom stereocenters. The maximum atomic E-state index is 11.8. The van der Waals surface area contributed by atoms with Crippen molar-refractivity contribution in [2.45, 2.75) is 13.1 Å². The van der Waals surface area contributed by atoms with Crippen molar-refractivity contribution in [3.8, 4) is 0 Å². The van der Waals surface area contributed by atoms with Crippen molar-refractivity contribution < 1.29 is 0 Å². The van der Waals surface area contributed by atoms with Gasteiger partial charge in [0.1, 0.15) is 0 Å². The fourth-order valence-electron chi connectivity index (χ4n) is 2.18. The number of rotatable bonds is 5. The van der Waals surface area contributed by atoms with E-state index in [4.69, 9.17) is 0 Å². The number of hydrogen-bond donors (Lipinski definition) is 1. The largest absolute Gasteiger partial charge is 0.310 e. The van der Waals surface area contributed by atoms with Crippen molar-refractivity contribution in [3.63, 3.8) is 0 Å². The predicted molar refractivity (Wildman–Crippen MR) is 89.7 cm³/mol. The SMILES string of the molecule is O=c1cnn(CCNCc2cc(Br)cs2)c2ccccc12. The van der Waals surface area contributed by atoms with Gasteiger partial charge in [-0.3, -0.25) is 9.48 Å². The second-order valence-corrected chi connectivity index (χ2v) is 6.57. The van der Waals surface area contributed by atoms with Gasteiger partial charge >= 0.3 is 0 Å². The molecule has 3 rings (SSSR count). The van der Waals surface area contributed by atoms with E-state index in [-0.39, 0.29) is 5.43 Å². The van der Waals surface area contributed by atoms with Crippen molar-refractivity contribution >= 4 is 38.2 Å². The van der Waals surface area contributed by atoms with Crippen LogP contribution in [0.5, 0.6) is 0 Å². The first-order valence-electron chi connectivity index (χ1n) is 6.62. The van der Waals surface area contributed by atoms with Crippen molar-refractivity contribution in [1.82, 2.24) is 15.1 Å². The highest BCUT2D eigenvalue weighted by Crippen LogP contribution is 2.19. The molecule has 0 aliphatic rings. The minimum atomic E-state index is -0.0294. The quantitative estimate of drug-likeness (QED) is 0.708. The second-order valence-electron chi connectivity index (χ2n) is 4.66. The number of hydrogen-bond acceptors (Lipinski definition) is 4. The van der Waals surface area contributed by atoms with Gasteiger partial charge in [0, 0.05) is 33.2 Å². The molecule has 0 aliphatic carbocycles. The highest BCUT2D eigenvalue weighted by atomic mass is 79.9. The number of fused-ring (bicyclic) bond motifs is 1. The fourth-order valence-corrected chi connectivity index (χ4v) is 3.60. The molecule has 6 heteroatoms. The van der Waals surface area contributed by atoms with Gasteiger partial charge in [0.05, 0.1) is 18.3 Å². The zero-order valence-corrected chi connectivity index (χ0v) is 13.7. The standard InChI is InChI=1S/C15H14BrN3OS/c16-11-7-12(21-10-11)8-17-5-6-19-14-4-2-1-3-13(14)15(20)9-18-19/h1-4,7,9-10,17H,5-6,8H2. The highest BCUT2D eigenvalue weighted by Gasteiger charge is 2.03. The molecule has 0 saturated carbocycles. The third-order valence-corrected chi connectivity index (χ3v) is 4.88. The average molecular weight is 364 g/mol. The molecule has 3 aromatic rings. The van der Waals surface area contributed by atoms with E-state index >= 15 is 0 Å². The van der Waals surface area contributed by atoms with Gasteiger partial charge in [0.25, 0.3) is 0 Å². The number of benzene rings is 1. The summed E-state index contributed by atoms with van der Waals surface area (Å²) in [7, 11) is 0. The van der Waals surface area contributed by atoms with Gasteiger partial charge in [-0.2, -0.15) is 5.10 Å². The molecule has 0 bridgehead atoms. The van der Waals surface area contributed by atoms with Crippen molar-refractivity contribution in [3.05, 3.63) is 61.5 Å². The fraction of sp³-hybridized carbons (Fsp3) is 0.200. The van der Waals surface area contributed by atoms with Crippen LogP contribution in [0.4, 0.5) is 0 Å². The summed E-state index contributed by atoms with van der Waals surface area (Å²) in [6.45, 7) is 2.37. The molecule has 1 aromatic carbocycles. The zero-order chi connectivity index (χ0) is 14.7. The number of thiophene rings is 1. The van der Waals surface area contributed by atoms with Crippen LogP contribution in [0.15, 0.2) is 51.2 Å². The first-order chi connectivity index (χ1) is 10.2. The smallest absolute Gasteiger partial charge is 0.207 e.